The molecule has 0 aromatic heterocycles. The van der Waals surface area contributed by atoms with Gasteiger partial charge in [-0.05, 0) is 29.5 Å². The third kappa shape index (κ3) is 2.27. The van der Waals surface area contributed by atoms with Crippen molar-refractivity contribution in [2.45, 2.75) is 22.7 Å². The van der Waals surface area contributed by atoms with Gasteiger partial charge in [-0.2, -0.15) is 17.6 Å². The van der Waals surface area contributed by atoms with E-state index in [1.165, 1.54) is 30.0 Å². The Morgan fingerprint density at radius 3 is 2.17 bits per heavy atom. The van der Waals surface area contributed by atoms with Crippen molar-refractivity contribution in [3.63, 3.8) is 0 Å². The molecular formula is C17H15F4NS. The molecule has 23 heavy (non-hydrogen) atoms. The minimum absolute atomic E-state index is 0.0198. The van der Waals surface area contributed by atoms with Gasteiger partial charge in [0.25, 0.3) is 0 Å². The van der Waals surface area contributed by atoms with Crippen LogP contribution in [0.5, 0.6) is 0 Å². The molecule has 0 saturated heterocycles. The summed E-state index contributed by atoms with van der Waals surface area (Å²) < 4.78 is 58.5. The molecule has 1 aliphatic rings. The van der Waals surface area contributed by atoms with Crippen LogP contribution in [0, 0.1) is 0 Å². The molecule has 1 nitrogen and oxygen atoms in total. The van der Waals surface area contributed by atoms with Gasteiger partial charge < -0.3 is 5.73 Å². The van der Waals surface area contributed by atoms with E-state index < -0.39 is 28.9 Å². The smallest absolute Gasteiger partial charge is 0.330 e. The SMILES string of the molecule is CSc1ccc2c(c1)C(CN)c1ccccc1C(F)(F)C2(F)F. The highest BCUT2D eigenvalue weighted by atomic mass is 32.2. The van der Waals surface area contributed by atoms with Crippen LogP contribution in [0.2, 0.25) is 0 Å². The minimum atomic E-state index is -4.29. The number of fused-ring (bicyclic) bond motifs is 2. The van der Waals surface area contributed by atoms with E-state index in [1.807, 2.05) is 0 Å². The van der Waals surface area contributed by atoms with Crippen LogP contribution in [-0.4, -0.2) is 12.8 Å². The summed E-state index contributed by atoms with van der Waals surface area (Å²) in [6.07, 6.45) is 1.80. The molecular weight excluding hydrogens is 326 g/mol. The Bertz CT molecular complexity index is 745. The molecule has 6 heteroatoms. The predicted molar refractivity (Wildman–Crippen MR) is 83.4 cm³/mol. The summed E-state index contributed by atoms with van der Waals surface area (Å²) in [5, 5.41) is 0. The predicted octanol–water partition coefficient (Wildman–Crippen LogP) is 4.70. The number of rotatable bonds is 2. The number of hydrogen-bond acceptors (Lipinski definition) is 2. The van der Waals surface area contributed by atoms with Crippen molar-refractivity contribution in [3.8, 4) is 0 Å². The summed E-state index contributed by atoms with van der Waals surface area (Å²) in [5.41, 5.74) is 4.82. The van der Waals surface area contributed by atoms with Crippen molar-refractivity contribution in [3.05, 3.63) is 64.7 Å². The summed E-state index contributed by atoms with van der Waals surface area (Å²) in [6, 6.07) is 9.52. The molecule has 2 aromatic rings. The van der Waals surface area contributed by atoms with Gasteiger partial charge in [-0.1, -0.05) is 30.3 Å². The molecule has 0 bridgehead atoms. The zero-order valence-electron chi connectivity index (χ0n) is 12.3. The maximum Gasteiger partial charge on any atom is 0.340 e. The van der Waals surface area contributed by atoms with Gasteiger partial charge in [-0.25, -0.2) is 0 Å². The molecule has 0 heterocycles. The number of alkyl halides is 4. The molecule has 1 aliphatic carbocycles. The second kappa shape index (κ2) is 5.53. The molecule has 2 N–H and O–H groups in total. The molecule has 3 rings (SSSR count). The number of halogens is 4. The van der Waals surface area contributed by atoms with Gasteiger partial charge in [0.2, 0.25) is 0 Å². The number of hydrogen-bond donors (Lipinski definition) is 1. The van der Waals surface area contributed by atoms with E-state index in [0.29, 0.717) is 0 Å². The van der Waals surface area contributed by atoms with E-state index in [1.54, 1.807) is 18.4 Å². The first kappa shape index (κ1) is 16.3. The largest absolute Gasteiger partial charge is 0.340 e. The van der Waals surface area contributed by atoms with Crippen molar-refractivity contribution in [2.75, 3.05) is 12.8 Å². The molecule has 1 atom stereocenters. The lowest BCUT2D eigenvalue weighted by Crippen LogP contribution is -2.35. The molecule has 122 valence electrons. The second-order valence-electron chi connectivity index (χ2n) is 5.48. The van der Waals surface area contributed by atoms with E-state index in [9.17, 15) is 17.6 Å². The molecule has 0 fully saturated rings. The molecule has 0 saturated carbocycles. The highest BCUT2D eigenvalue weighted by Crippen LogP contribution is 2.56. The maximum atomic E-state index is 14.7. The Balaban J connectivity index is 2.40. The standard InChI is InChI=1S/C17H15F4NS/c1-23-10-6-7-15-12(8-10)13(9-22)11-4-2-3-5-14(11)16(18,19)17(15,20)21/h2-8,13H,9,22H2,1H3. The second-order valence-corrected chi connectivity index (χ2v) is 6.36. The first-order valence-corrected chi connectivity index (χ1v) is 8.30. The van der Waals surface area contributed by atoms with Crippen molar-refractivity contribution in [1.29, 1.82) is 0 Å². The summed E-state index contributed by atoms with van der Waals surface area (Å²) in [6.45, 7) is -0.0198. The van der Waals surface area contributed by atoms with Crippen LogP contribution in [0.4, 0.5) is 17.6 Å². The Morgan fingerprint density at radius 2 is 1.57 bits per heavy atom. The zero-order chi connectivity index (χ0) is 16.8. The molecule has 0 amide bonds. The summed E-state index contributed by atoms with van der Waals surface area (Å²) in [4.78, 5) is 0.737. The monoisotopic (exact) mass is 341 g/mol. The van der Waals surface area contributed by atoms with E-state index in [2.05, 4.69) is 0 Å². The third-order valence-corrected chi connectivity index (χ3v) is 5.00. The molecule has 1 unspecified atom stereocenters. The fourth-order valence-electron chi connectivity index (χ4n) is 3.09. The average Bonchev–Trinajstić information content (AvgIpc) is 2.59. The molecule has 2 aromatic carbocycles. The summed E-state index contributed by atoms with van der Waals surface area (Å²) in [7, 11) is 0. The van der Waals surface area contributed by atoms with E-state index in [4.69, 9.17) is 5.73 Å². The Labute approximate surface area is 135 Å². The third-order valence-electron chi connectivity index (χ3n) is 4.28. The minimum Gasteiger partial charge on any atom is -0.330 e. The van der Waals surface area contributed by atoms with Crippen LogP contribution < -0.4 is 5.73 Å². The van der Waals surface area contributed by atoms with Crippen LogP contribution in [0.15, 0.2) is 47.4 Å². The normalized spacial score (nSPS) is 21.2. The first-order chi connectivity index (χ1) is 10.8. The Kier molecular flexibility index (Phi) is 3.92. The first-order valence-electron chi connectivity index (χ1n) is 7.08. The lowest BCUT2D eigenvalue weighted by Gasteiger charge is -2.27. The fourth-order valence-corrected chi connectivity index (χ4v) is 3.54. The van der Waals surface area contributed by atoms with E-state index in [0.717, 1.165) is 17.0 Å². The van der Waals surface area contributed by atoms with Crippen LogP contribution in [-0.2, 0) is 11.8 Å². The lowest BCUT2D eigenvalue weighted by atomic mass is 9.88. The van der Waals surface area contributed by atoms with Gasteiger partial charge >= 0.3 is 11.8 Å². The summed E-state index contributed by atoms with van der Waals surface area (Å²) in [5.74, 6) is -9.27. The van der Waals surface area contributed by atoms with Crippen molar-refractivity contribution in [1.82, 2.24) is 0 Å². The van der Waals surface area contributed by atoms with Gasteiger partial charge in [-0.15, -0.1) is 11.8 Å². The highest BCUT2D eigenvalue weighted by Gasteiger charge is 2.62. The number of benzene rings is 2. The van der Waals surface area contributed by atoms with E-state index in [-0.39, 0.29) is 17.7 Å². The van der Waals surface area contributed by atoms with Crippen LogP contribution in [0.1, 0.15) is 28.2 Å². The highest BCUT2D eigenvalue weighted by molar-refractivity contribution is 7.98. The van der Waals surface area contributed by atoms with Crippen LogP contribution in [0.25, 0.3) is 0 Å². The van der Waals surface area contributed by atoms with Gasteiger partial charge in [0.05, 0.1) is 0 Å². The quantitative estimate of drug-likeness (QED) is 0.633. The Morgan fingerprint density at radius 1 is 0.957 bits per heavy atom. The van der Waals surface area contributed by atoms with Gasteiger partial charge in [-0.3, -0.25) is 0 Å². The van der Waals surface area contributed by atoms with Gasteiger partial charge in [0.15, 0.2) is 0 Å². The Hall–Kier alpha value is -1.53. The van der Waals surface area contributed by atoms with Gasteiger partial charge in [0.1, 0.15) is 0 Å². The number of thioether (sulfide) groups is 1. The topological polar surface area (TPSA) is 26.0 Å². The molecule has 0 radical (unpaired) electrons. The zero-order valence-corrected chi connectivity index (χ0v) is 13.1. The van der Waals surface area contributed by atoms with Crippen molar-refractivity contribution < 1.29 is 17.6 Å². The lowest BCUT2D eigenvalue weighted by molar-refractivity contribution is -0.223. The van der Waals surface area contributed by atoms with Crippen LogP contribution in [0.3, 0.4) is 0 Å². The number of nitrogens with two attached hydrogens (primary N) is 1. The maximum absolute atomic E-state index is 14.7. The summed E-state index contributed by atoms with van der Waals surface area (Å²) >= 11 is 1.37. The average molecular weight is 341 g/mol. The van der Waals surface area contributed by atoms with Crippen molar-refractivity contribution >= 4 is 11.8 Å². The van der Waals surface area contributed by atoms with E-state index >= 15 is 0 Å². The van der Waals surface area contributed by atoms with Gasteiger partial charge in [0, 0.05) is 28.5 Å². The molecule has 0 aliphatic heterocycles. The van der Waals surface area contributed by atoms with Crippen molar-refractivity contribution in [2.24, 2.45) is 5.73 Å². The molecule has 0 spiro atoms. The van der Waals surface area contributed by atoms with Crippen LogP contribution >= 0.6 is 11.8 Å². The fraction of sp³-hybridized carbons (Fsp3) is 0.294.